The van der Waals surface area contributed by atoms with E-state index in [1.165, 1.54) is 0 Å². The maximum atomic E-state index is 9.92. The Hall–Kier alpha value is -0.200. The molecule has 5 heteroatoms. The van der Waals surface area contributed by atoms with Crippen molar-refractivity contribution in [1.82, 2.24) is 15.1 Å². The van der Waals surface area contributed by atoms with Gasteiger partial charge in [0.1, 0.15) is 5.66 Å². The molecule has 1 fully saturated rings. The number of nitrogens with zero attached hydrogens (tertiary/aromatic N) is 2. The molecule has 1 aliphatic heterocycles. The van der Waals surface area contributed by atoms with Crippen LogP contribution in [0.4, 0.5) is 0 Å². The second-order valence-corrected chi connectivity index (χ2v) is 4.34. The van der Waals surface area contributed by atoms with Gasteiger partial charge in [0.2, 0.25) is 0 Å². The van der Waals surface area contributed by atoms with E-state index in [9.17, 15) is 10.2 Å². The zero-order valence-corrected chi connectivity index (χ0v) is 9.90. The predicted octanol–water partition coefficient (Wildman–Crippen LogP) is -1.48. The van der Waals surface area contributed by atoms with Gasteiger partial charge in [-0.1, -0.05) is 0 Å². The quantitative estimate of drug-likeness (QED) is 0.536. The van der Waals surface area contributed by atoms with Crippen LogP contribution in [0.25, 0.3) is 0 Å². The van der Waals surface area contributed by atoms with E-state index in [4.69, 9.17) is 0 Å². The number of hydrogen-bond donors (Lipinski definition) is 3. The summed E-state index contributed by atoms with van der Waals surface area (Å²) in [6.07, 6.45) is -0.587. The lowest BCUT2D eigenvalue weighted by Crippen LogP contribution is -2.69. The number of piperazine rings is 1. The SMILES string of the molecule is CC(O)C(CO)(N(C)C)N1CCNCC1. The Labute approximate surface area is 91.7 Å². The summed E-state index contributed by atoms with van der Waals surface area (Å²) in [5.41, 5.74) is -0.651. The van der Waals surface area contributed by atoms with Crippen LogP contribution in [-0.2, 0) is 0 Å². The van der Waals surface area contributed by atoms with E-state index in [0.717, 1.165) is 26.2 Å². The van der Waals surface area contributed by atoms with Crippen LogP contribution in [0.2, 0.25) is 0 Å². The Morgan fingerprint density at radius 3 is 2.27 bits per heavy atom. The summed E-state index contributed by atoms with van der Waals surface area (Å²) < 4.78 is 0. The minimum absolute atomic E-state index is 0.0579. The lowest BCUT2D eigenvalue weighted by atomic mass is 10.0. The van der Waals surface area contributed by atoms with Gasteiger partial charge >= 0.3 is 0 Å². The maximum absolute atomic E-state index is 9.92. The normalized spacial score (nSPS) is 25.2. The highest BCUT2D eigenvalue weighted by molar-refractivity contribution is 4.94. The molecular weight excluding hydrogens is 194 g/mol. The van der Waals surface area contributed by atoms with Crippen LogP contribution >= 0.6 is 0 Å². The van der Waals surface area contributed by atoms with Crippen molar-refractivity contribution >= 4 is 0 Å². The molecule has 0 amide bonds. The summed E-state index contributed by atoms with van der Waals surface area (Å²) in [5.74, 6) is 0. The average molecular weight is 217 g/mol. The molecule has 0 bridgehead atoms. The minimum Gasteiger partial charge on any atom is -0.393 e. The van der Waals surface area contributed by atoms with Gasteiger partial charge in [-0.2, -0.15) is 0 Å². The fourth-order valence-corrected chi connectivity index (χ4v) is 2.35. The second-order valence-electron chi connectivity index (χ2n) is 4.34. The standard InChI is InChI=1S/C10H23N3O2/c1-9(15)10(8-14,12(2)3)13-6-4-11-5-7-13/h9,11,14-15H,4-8H2,1-3H3. The molecule has 0 aromatic heterocycles. The number of aliphatic hydroxyl groups is 2. The van der Waals surface area contributed by atoms with Crippen molar-refractivity contribution in [2.24, 2.45) is 0 Å². The Morgan fingerprint density at radius 1 is 1.40 bits per heavy atom. The van der Waals surface area contributed by atoms with E-state index in [2.05, 4.69) is 10.2 Å². The third-order valence-corrected chi connectivity index (χ3v) is 3.34. The van der Waals surface area contributed by atoms with Gasteiger partial charge in [-0.05, 0) is 21.0 Å². The topological polar surface area (TPSA) is 59.0 Å². The van der Waals surface area contributed by atoms with Crippen LogP contribution in [0.3, 0.4) is 0 Å². The Kier molecular flexibility index (Phi) is 4.48. The van der Waals surface area contributed by atoms with E-state index < -0.39 is 11.8 Å². The van der Waals surface area contributed by atoms with E-state index in [0.29, 0.717) is 0 Å². The van der Waals surface area contributed by atoms with Crippen molar-refractivity contribution in [3.63, 3.8) is 0 Å². The lowest BCUT2D eigenvalue weighted by Gasteiger charge is -2.50. The largest absolute Gasteiger partial charge is 0.393 e. The van der Waals surface area contributed by atoms with Crippen LogP contribution < -0.4 is 5.32 Å². The molecule has 3 N–H and O–H groups in total. The molecule has 0 spiro atoms. The number of rotatable bonds is 4. The first-order valence-electron chi connectivity index (χ1n) is 5.48. The van der Waals surface area contributed by atoms with Crippen LogP contribution in [0.5, 0.6) is 0 Å². The van der Waals surface area contributed by atoms with Gasteiger partial charge in [0, 0.05) is 26.2 Å². The predicted molar refractivity (Wildman–Crippen MR) is 59.6 cm³/mol. The van der Waals surface area contributed by atoms with E-state index in [1.807, 2.05) is 19.0 Å². The summed E-state index contributed by atoms with van der Waals surface area (Å²) in [6, 6.07) is 0. The Morgan fingerprint density at radius 2 is 1.93 bits per heavy atom. The molecule has 15 heavy (non-hydrogen) atoms. The molecule has 1 saturated heterocycles. The molecular formula is C10H23N3O2. The fourth-order valence-electron chi connectivity index (χ4n) is 2.35. The van der Waals surface area contributed by atoms with Gasteiger partial charge in [0.05, 0.1) is 12.7 Å². The smallest absolute Gasteiger partial charge is 0.123 e. The van der Waals surface area contributed by atoms with Crippen LogP contribution in [-0.4, -0.2) is 78.7 Å². The molecule has 2 unspecified atom stereocenters. The highest BCUT2D eigenvalue weighted by Gasteiger charge is 2.43. The molecule has 0 radical (unpaired) electrons. The number of nitrogens with one attached hydrogen (secondary N) is 1. The Bertz CT molecular complexity index is 183. The maximum Gasteiger partial charge on any atom is 0.123 e. The first-order valence-corrected chi connectivity index (χ1v) is 5.48. The number of aliphatic hydroxyl groups excluding tert-OH is 2. The molecule has 1 rings (SSSR count). The second kappa shape index (κ2) is 5.23. The highest BCUT2D eigenvalue weighted by Crippen LogP contribution is 2.22. The zero-order valence-electron chi connectivity index (χ0n) is 9.90. The molecule has 0 aromatic carbocycles. The summed E-state index contributed by atoms with van der Waals surface area (Å²) >= 11 is 0. The summed E-state index contributed by atoms with van der Waals surface area (Å²) in [4.78, 5) is 4.05. The monoisotopic (exact) mass is 217 g/mol. The first kappa shape index (κ1) is 12.9. The lowest BCUT2D eigenvalue weighted by molar-refractivity contribution is -0.140. The third kappa shape index (κ3) is 2.32. The summed E-state index contributed by atoms with van der Waals surface area (Å²) in [7, 11) is 3.79. The summed E-state index contributed by atoms with van der Waals surface area (Å²) in [5, 5.41) is 22.8. The van der Waals surface area contributed by atoms with Gasteiger partial charge in [-0.3, -0.25) is 9.80 Å². The van der Waals surface area contributed by atoms with E-state index in [-0.39, 0.29) is 6.61 Å². The van der Waals surface area contributed by atoms with Gasteiger partial charge in [-0.25, -0.2) is 0 Å². The van der Waals surface area contributed by atoms with Gasteiger partial charge < -0.3 is 15.5 Å². The first-order chi connectivity index (χ1) is 7.05. The average Bonchev–Trinajstić information content (AvgIpc) is 2.20. The van der Waals surface area contributed by atoms with Crippen LogP contribution in [0.15, 0.2) is 0 Å². The van der Waals surface area contributed by atoms with Crippen molar-refractivity contribution in [2.75, 3.05) is 46.9 Å². The van der Waals surface area contributed by atoms with Crippen molar-refractivity contribution in [2.45, 2.75) is 18.7 Å². The van der Waals surface area contributed by atoms with Gasteiger partial charge in [-0.15, -0.1) is 0 Å². The molecule has 0 aliphatic carbocycles. The molecule has 1 aliphatic rings. The molecule has 5 nitrogen and oxygen atoms in total. The molecule has 1 heterocycles. The molecule has 0 aromatic rings. The summed E-state index contributed by atoms with van der Waals surface area (Å²) in [6.45, 7) is 5.19. The fraction of sp³-hybridized carbons (Fsp3) is 1.00. The van der Waals surface area contributed by atoms with Gasteiger partial charge in [0.25, 0.3) is 0 Å². The number of likely N-dealkylation sites (N-methyl/N-ethyl adjacent to an activating group) is 1. The number of hydrogen-bond acceptors (Lipinski definition) is 5. The van der Waals surface area contributed by atoms with Crippen LogP contribution in [0, 0.1) is 0 Å². The third-order valence-electron chi connectivity index (χ3n) is 3.34. The highest BCUT2D eigenvalue weighted by atomic mass is 16.3. The zero-order chi connectivity index (χ0) is 11.5. The van der Waals surface area contributed by atoms with Crippen molar-refractivity contribution in [1.29, 1.82) is 0 Å². The Balaban J connectivity index is 2.86. The molecule has 2 atom stereocenters. The minimum atomic E-state index is -0.651. The van der Waals surface area contributed by atoms with Crippen molar-refractivity contribution in [3.8, 4) is 0 Å². The van der Waals surface area contributed by atoms with E-state index in [1.54, 1.807) is 6.92 Å². The van der Waals surface area contributed by atoms with Crippen LogP contribution in [0.1, 0.15) is 6.92 Å². The van der Waals surface area contributed by atoms with Crippen molar-refractivity contribution < 1.29 is 10.2 Å². The van der Waals surface area contributed by atoms with Crippen molar-refractivity contribution in [3.05, 3.63) is 0 Å². The molecule has 0 saturated carbocycles. The van der Waals surface area contributed by atoms with E-state index >= 15 is 0 Å². The van der Waals surface area contributed by atoms with Gasteiger partial charge in [0.15, 0.2) is 0 Å². The molecule has 90 valence electrons.